The highest BCUT2D eigenvalue weighted by atomic mass is 32.2. The molecule has 1 aliphatic heterocycles. The number of methoxy groups -OCH3 is 1. The molecule has 0 aromatic heterocycles. The van der Waals surface area contributed by atoms with E-state index in [9.17, 15) is 8.42 Å². The molecule has 2 N–H and O–H groups in total. The summed E-state index contributed by atoms with van der Waals surface area (Å²) in [5.74, 6) is 0.613. The maximum atomic E-state index is 12.4. The highest BCUT2D eigenvalue weighted by Gasteiger charge is 2.15. The molecule has 0 spiro atoms. The van der Waals surface area contributed by atoms with Crippen LogP contribution in [0.3, 0.4) is 0 Å². The van der Waals surface area contributed by atoms with Crippen LogP contribution < -0.4 is 14.8 Å². The van der Waals surface area contributed by atoms with Gasteiger partial charge in [0.25, 0.3) is 0 Å². The summed E-state index contributed by atoms with van der Waals surface area (Å²) in [5, 5.41) is 3.28. The van der Waals surface area contributed by atoms with Gasteiger partial charge in [0.05, 0.1) is 11.5 Å². The minimum absolute atomic E-state index is 0.217. The first-order valence-electron chi connectivity index (χ1n) is 8.11. The molecule has 0 unspecified atom stereocenters. The lowest BCUT2D eigenvalue weighted by Gasteiger charge is -2.09. The number of rotatable bonds is 8. The van der Waals surface area contributed by atoms with Gasteiger partial charge in [0.1, 0.15) is 12.4 Å². The molecular formula is C18H22N2O4S. The van der Waals surface area contributed by atoms with Gasteiger partial charge < -0.3 is 14.8 Å². The Kier molecular flexibility index (Phi) is 5.70. The van der Waals surface area contributed by atoms with Gasteiger partial charge in [-0.25, -0.2) is 13.1 Å². The van der Waals surface area contributed by atoms with E-state index in [2.05, 4.69) is 10.0 Å². The van der Waals surface area contributed by atoms with Crippen molar-refractivity contribution in [1.29, 1.82) is 0 Å². The molecule has 0 fully saturated rings. The quantitative estimate of drug-likeness (QED) is 0.700. The molecule has 1 aliphatic rings. The summed E-state index contributed by atoms with van der Waals surface area (Å²) in [6, 6.07) is 12.4. The van der Waals surface area contributed by atoms with Crippen LogP contribution in [0, 0.1) is 0 Å². The van der Waals surface area contributed by atoms with Gasteiger partial charge >= 0.3 is 0 Å². The van der Waals surface area contributed by atoms with E-state index in [1.165, 1.54) is 23.3 Å². The topological polar surface area (TPSA) is 76.7 Å². The van der Waals surface area contributed by atoms with Gasteiger partial charge in [-0.2, -0.15) is 0 Å². The zero-order valence-corrected chi connectivity index (χ0v) is 14.9. The van der Waals surface area contributed by atoms with Crippen LogP contribution in [0.1, 0.15) is 16.7 Å². The monoisotopic (exact) mass is 362 g/mol. The molecule has 0 saturated carbocycles. The van der Waals surface area contributed by atoms with Crippen molar-refractivity contribution >= 4 is 10.0 Å². The predicted octanol–water partition coefficient (Wildman–Crippen LogP) is 1.79. The molecule has 3 rings (SSSR count). The lowest BCUT2D eigenvalue weighted by molar-refractivity contribution is 0.146. The summed E-state index contributed by atoms with van der Waals surface area (Å²) >= 11 is 0. The number of fused-ring (bicyclic) bond motifs is 1. The molecule has 0 amide bonds. The van der Waals surface area contributed by atoms with Gasteiger partial charge in [-0.05, 0) is 41.0 Å². The Labute approximate surface area is 148 Å². The van der Waals surface area contributed by atoms with Gasteiger partial charge in [-0.3, -0.25) is 0 Å². The third kappa shape index (κ3) is 4.58. The molecule has 0 bridgehead atoms. The second-order valence-corrected chi connectivity index (χ2v) is 7.61. The molecule has 25 heavy (non-hydrogen) atoms. The first kappa shape index (κ1) is 17.9. The molecule has 0 saturated heterocycles. The number of sulfonamides is 1. The summed E-state index contributed by atoms with van der Waals surface area (Å²) in [6.07, 6.45) is 0. The molecule has 0 atom stereocenters. The number of nitrogens with one attached hydrogen (secondary N) is 2. The normalized spacial score (nSPS) is 13.6. The van der Waals surface area contributed by atoms with E-state index in [1.54, 1.807) is 19.2 Å². The Morgan fingerprint density at radius 3 is 2.56 bits per heavy atom. The summed E-state index contributed by atoms with van der Waals surface area (Å²) in [7, 11) is -1.96. The molecule has 7 heteroatoms. The molecular weight excluding hydrogens is 340 g/mol. The second-order valence-electron chi connectivity index (χ2n) is 5.84. The molecule has 134 valence electrons. The lowest BCUT2D eigenvalue weighted by atomic mass is 10.1. The van der Waals surface area contributed by atoms with Crippen LogP contribution in [-0.4, -0.2) is 28.7 Å². The minimum atomic E-state index is -3.56. The maximum absolute atomic E-state index is 12.4. The Balaban J connectivity index is 1.61. The van der Waals surface area contributed by atoms with Crippen molar-refractivity contribution in [2.45, 2.75) is 24.5 Å². The van der Waals surface area contributed by atoms with Crippen molar-refractivity contribution in [3.05, 3.63) is 59.2 Å². The highest BCUT2D eigenvalue weighted by molar-refractivity contribution is 7.89. The fourth-order valence-electron chi connectivity index (χ4n) is 2.68. The van der Waals surface area contributed by atoms with Gasteiger partial charge in [0, 0.05) is 26.7 Å². The number of hydrogen-bond acceptors (Lipinski definition) is 5. The Hall–Kier alpha value is -1.93. The predicted molar refractivity (Wildman–Crippen MR) is 94.8 cm³/mol. The standard InChI is InChI=1S/C18H22N2O4S/c1-23-8-9-24-17-4-6-18(7-5-17)25(21,22)20-11-14-2-3-15-12-19-13-16(15)10-14/h2-7,10,19-20H,8-9,11-13H2,1H3. The van der Waals surface area contributed by atoms with Gasteiger partial charge in [-0.15, -0.1) is 0 Å². The molecule has 2 aromatic rings. The van der Waals surface area contributed by atoms with Crippen molar-refractivity contribution < 1.29 is 17.9 Å². The second kappa shape index (κ2) is 7.97. The smallest absolute Gasteiger partial charge is 0.240 e. The third-order valence-corrected chi connectivity index (χ3v) is 5.48. The van der Waals surface area contributed by atoms with Crippen molar-refractivity contribution in [1.82, 2.24) is 10.0 Å². The minimum Gasteiger partial charge on any atom is -0.491 e. The number of hydrogen-bond donors (Lipinski definition) is 2. The number of benzene rings is 2. The zero-order valence-electron chi connectivity index (χ0n) is 14.1. The molecule has 0 radical (unpaired) electrons. The van der Waals surface area contributed by atoms with Crippen LogP contribution in [0.2, 0.25) is 0 Å². The average Bonchev–Trinajstić information content (AvgIpc) is 3.08. The highest BCUT2D eigenvalue weighted by Crippen LogP contribution is 2.19. The first-order chi connectivity index (χ1) is 12.1. The summed E-state index contributed by atoms with van der Waals surface area (Å²) in [5.41, 5.74) is 3.45. The van der Waals surface area contributed by atoms with E-state index in [0.717, 1.165) is 18.7 Å². The fraction of sp³-hybridized carbons (Fsp3) is 0.333. The summed E-state index contributed by atoms with van der Waals surface area (Å²) < 4.78 is 37.8. The SMILES string of the molecule is COCCOc1ccc(S(=O)(=O)NCc2ccc3c(c2)CNC3)cc1. The Bertz CT molecular complexity index is 819. The summed E-state index contributed by atoms with van der Waals surface area (Å²) in [6.45, 7) is 2.88. The van der Waals surface area contributed by atoms with Crippen LogP contribution in [0.25, 0.3) is 0 Å². The Morgan fingerprint density at radius 2 is 1.80 bits per heavy atom. The average molecular weight is 362 g/mol. The molecule has 6 nitrogen and oxygen atoms in total. The van der Waals surface area contributed by atoms with Gasteiger partial charge in [-0.1, -0.05) is 18.2 Å². The van der Waals surface area contributed by atoms with Gasteiger partial charge in [0.15, 0.2) is 0 Å². The van der Waals surface area contributed by atoms with Crippen LogP contribution in [0.4, 0.5) is 0 Å². The maximum Gasteiger partial charge on any atom is 0.240 e. The van der Waals surface area contributed by atoms with Crippen molar-refractivity contribution in [3.8, 4) is 5.75 Å². The fourth-order valence-corrected chi connectivity index (χ4v) is 3.70. The van der Waals surface area contributed by atoms with Crippen molar-refractivity contribution in [2.75, 3.05) is 20.3 Å². The molecule has 0 aliphatic carbocycles. The van der Waals surface area contributed by atoms with E-state index in [0.29, 0.717) is 19.0 Å². The largest absolute Gasteiger partial charge is 0.491 e. The lowest BCUT2D eigenvalue weighted by Crippen LogP contribution is -2.23. The molecule has 2 aromatic carbocycles. The van der Waals surface area contributed by atoms with E-state index < -0.39 is 10.0 Å². The van der Waals surface area contributed by atoms with Crippen molar-refractivity contribution in [2.24, 2.45) is 0 Å². The molecule has 1 heterocycles. The first-order valence-corrected chi connectivity index (χ1v) is 9.60. The van der Waals surface area contributed by atoms with Crippen LogP contribution in [-0.2, 0) is 34.4 Å². The van der Waals surface area contributed by atoms with E-state index in [-0.39, 0.29) is 11.4 Å². The van der Waals surface area contributed by atoms with Crippen LogP contribution in [0.5, 0.6) is 5.75 Å². The third-order valence-electron chi connectivity index (χ3n) is 4.06. The Morgan fingerprint density at radius 1 is 1.04 bits per heavy atom. The van der Waals surface area contributed by atoms with E-state index in [1.807, 2.05) is 18.2 Å². The number of ether oxygens (including phenoxy) is 2. The van der Waals surface area contributed by atoms with E-state index >= 15 is 0 Å². The van der Waals surface area contributed by atoms with Crippen LogP contribution in [0.15, 0.2) is 47.4 Å². The van der Waals surface area contributed by atoms with Gasteiger partial charge in [0.2, 0.25) is 10.0 Å². The van der Waals surface area contributed by atoms with Crippen LogP contribution >= 0.6 is 0 Å². The summed E-state index contributed by atoms with van der Waals surface area (Å²) in [4.78, 5) is 0.217. The van der Waals surface area contributed by atoms with E-state index in [4.69, 9.17) is 9.47 Å². The zero-order chi connectivity index (χ0) is 17.7. The van der Waals surface area contributed by atoms with Crippen molar-refractivity contribution in [3.63, 3.8) is 0 Å².